The van der Waals surface area contributed by atoms with Gasteiger partial charge in [-0.1, -0.05) is 47.1 Å². The molecule has 6 heteroatoms. The van der Waals surface area contributed by atoms with Crippen molar-refractivity contribution in [2.75, 3.05) is 6.61 Å². The highest BCUT2D eigenvalue weighted by Gasteiger charge is 2.30. The highest BCUT2D eigenvalue weighted by atomic mass is 32.2. The lowest BCUT2D eigenvalue weighted by molar-refractivity contribution is 0.320. The zero-order chi connectivity index (χ0) is 17.4. The fourth-order valence-corrected chi connectivity index (χ4v) is 3.83. The first-order valence-electron chi connectivity index (χ1n) is 8.06. The van der Waals surface area contributed by atoms with Crippen molar-refractivity contribution in [2.24, 2.45) is 5.16 Å². The topological polar surface area (TPSA) is 65.0 Å². The molecule has 128 valence electrons. The van der Waals surface area contributed by atoms with Gasteiger partial charge < -0.3 is 4.74 Å². The van der Waals surface area contributed by atoms with E-state index in [1.165, 1.54) is 17.7 Å². The number of nitrogens with zero attached hydrogens (tertiary/aromatic N) is 1. The summed E-state index contributed by atoms with van der Waals surface area (Å²) in [5, 5.41) is 3.90. The molecule has 0 atom stereocenters. The molecule has 5 nitrogen and oxygen atoms in total. The Morgan fingerprint density at radius 2 is 1.80 bits per heavy atom. The standard InChI is InChI=1S/C19H17NO4S/c1-13-6-9-15(10-7-13)25(21,22)24-20-18-12-23-19-16-5-3-2-4-14(16)8-11-17(18)19/h2-7,9-10H,8,11-12H2,1H3/b20-18+. The number of hydrogen-bond donors (Lipinski definition) is 0. The SMILES string of the molecule is Cc1ccc(S(=O)(=O)O/N=C2\COC3=C2CCc2ccccc23)cc1. The molecule has 2 aliphatic rings. The number of oxime groups is 1. The summed E-state index contributed by atoms with van der Waals surface area (Å²) in [5.41, 5.74) is 4.73. The number of ether oxygens (including phenoxy) is 1. The molecule has 0 bridgehead atoms. The molecule has 25 heavy (non-hydrogen) atoms. The lowest BCUT2D eigenvalue weighted by atomic mass is 9.90. The van der Waals surface area contributed by atoms with E-state index >= 15 is 0 Å². The van der Waals surface area contributed by atoms with Gasteiger partial charge in [-0.15, -0.1) is 0 Å². The van der Waals surface area contributed by atoms with Gasteiger partial charge in [0.05, 0.1) is 0 Å². The molecule has 0 amide bonds. The highest BCUT2D eigenvalue weighted by Crippen LogP contribution is 2.36. The number of aryl methyl sites for hydroxylation is 2. The van der Waals surface area contributed by atoms with Gasteiger partial charge in [-0.25, -0.2) is 0 Å². The van der Waals surface area contributed by atoms with Crippen molar-refractivity contribution in [3.63, 3.8) is 0 Å². The van der Waals surface area contributed by atoms with Crippen molar-refractivity contribution in [3.8, 4) is 0 Å². The molecule has 4 rings (SSSR count). The first-order valence-corrected chi connectivity index (χ1v) is 9.47. The molecular weight excluding hydrogens is 338 g/mol. The molecule has 0 N–H and O–H groups in total. The van der Waals surface area contributed by atoms with Crippen LogP contribution in [0.15, 0.2) is 64.2 Å². The number of rotatable bonds is 3. The van der Waals surface area contributed by atoms with E-state index in [1.54, 1.807) is 12.1 Å². The van der Waals surface area contributed by atoms with E-state index in [1.807, 2.05) is 25.1 Å². The van der Waals surface area contributed by atoms with Crippen molar-refractivity contribution in [1.82, 2.24) is 0 Å². The second-order valence-corrected chi connectivity index (χ2v) is 7.66. The van der Waals surface area contributed by atoms with Gasteiger partial charge in [0.1, 0.15) is 23.0 Å². The van der Waals surface area contributed by atoms with Gasteiger partial charge in [-0.3, -0.25) is 4.28 Å². The van der Waals surface area contributed by atoms with Crippen LogP contribution in [0, 0.1) is 6.92 Å². The summed E-state index contributed by atoms with van der Waals surface area (Å²) < 4.78 is 35.2. The van der Waals surface area contributed by atoms with Gasteiger partial charge in [0.2, 0.25) is 0 Å². The summed E-state index contributed by atoms with van der Waals surface area (Å²) in [4.78, 5) is 0.0876. The number of hydrogen-bond acceptors (Lipinski definition) is 5. The zero-order valence-corrected chi connectivity index (χ0v) is 14.5. The zero-order valence-electron chi connectivity index (χ0n) is 13.7. The van der Waals surface area contributed by atoms with Gasteiger partial charge in [-0.2, -0.15) is 8.42 Å². The Morgan fingerprint density at radius 1 is 1.04 bits per heavy atom. The van der Waals surface area contributed by atoms with E-state index in [0.717, 1.165) is 35.3 Å². The smallest absolute Gasteiger partial charge is 0.358 e. The van der Waals surface area contributed by atoms with Gasteiger partial charge in [-0.05, 0) is 37.5 Å². The minimum atomic E-state index is -3.93. The van der Waals surface area contributed by atoms with Crippen LogP contribution in [0.2, 0.25) is 0 Å². The molecule has 2 aromatic rings. The fraction of sp³-hybridized carbons (Fsp3) is 0.211. The Balaban J connectivity index is 1.61. The summed E-state index contributed by atoms with van der Waals surface area (Å²) >= 11 is 0. The van der Waals surface area contributed by atoms with Crippen LogP contribution in [-0.2, 0) is 25.6 Å². The number of fused-ring (bicyclic) bond motifs is 2. The van der Waals surface area contributed by atoms with Crippen LogP contribution in [0.3, 0.4) is 0 Å². The summed E-state index contributed by atoms with van der Waals surface area (Å²) in [6, 6.07) is 14.5. The van der Waals surface area contributed by atoms with Crippen molar-refractivity contribution >= 4 is 21.6 Å². The Labute approximate surface area is 146 Å². The molecule has 0 saturated heterocycles. The van der Waals surface area contributed by atoms with Crippen LogP contribution in [0.1, 0.15) is 23.1 Å². The highest BCUT2D eigenvalue weighted by molar-refractivity contribution is 7.86. The monoisotopic (exact) mass is 355 g/mol. The van der Waals surface area contributed by atoms with Crippen LogP contribution in [0.5, 0.6) is 0 Å². The van der Waals surface area contributed by atoms with Crippen molar-refractivity contribution < 1.29 is 17.4 Å². The average Bonchev–Trinajstić information content (AvgIpc) is 3.04. The van der Waals surface area contributed by atoms with Gasteiger partial charge in [0, 0.05) is 11.1 Å². The van der Waals surface area contributed by atoms with E-state index in [4.69, 9.17) is 9.02 Å². The third kappa shape index (κ3) is 2.93. The van der Waals surface area contributed by atoms with Crippen LogP contribution < -0.4 is 0 Å². The molecule has 1 aliphatic carbocycles. The quantitative estimate of drug-likeness (QED) is 0.791. The third-order valence-corrected chi connectivity index (χ3v) is 5.56. The maximum absolute atomic E-state index is 12.3. The van der Waals surface area contributed by atoms with Crippen LogP contribution in [0.4, 0.5) is 0 Å². The molecule has 0 radical (unpaired) electrons. The van der Waals surface area contributed by atoms with Crippen LogP contribution in [-0.4, -0.2) is 20.7 Å². The largest absolute Gasteiger partial charge is 0.486 e. The van der Waals surface area contributed by atoms with Gasteiger partial charge in [0.15, 0.2) is 0 Å². The molecule has 2 aromatic carbocycles. The van der Waals surface area contributed by atoms with E-state index in [2.05, 4.69) is 11.2 Å². The molecule has 0 unspecified atom stereocenters. The minimum absolute atomic E-state index is 0.0876. The molecular formula is C19H17NO4S. The second-order valence-electron chi connectivity index (χ2n) is 6.13. The lowest BCUT2D eigenvalue weighted by Gasteiger charge is -2.16. The maximum atomic E-state index is 12.3. The first-order chi connectivity index (χ1) is 12.0. The normalized spacial score (nSPS) is 17.9. The van der Waals surface area contributed by atoms with Gasteiger partial charge in [0.25, 0.3) is 0 Å². The van der Waals surface area contributed by atoms with Crippen LogP contribution in [0.25, 0.3) is 5.76 Å². The summed E-state index contributed by atoms with van der Waals surface area (Å²) in [7, 11) is -3.93. The van der Waals surface area contributed by atoms with E-state index < -0.39 is 10.1 Å². The maximum Gasteiger partial charge on any atom is 0.358 e. The lowest BCUT2D eigenvalue weighted by Crippen LogP contribution is -2.10. The van der Waals surface area contributed by atoms with E-state index in [0.29, 0.717) is 5.71 Å². The predicted octanol–water partition coefficient (Wildman–Crippen LogP) is 3.44. The van der Waals surface area contributed by atoms with Crippen molar-refractivity contribution in [2.45, 2.75) is 24.7 Å². The summed E-state index contributed by atoms with van der Waals surface area (Å²) in [6.45, 7) is 2.12. The Morgan fingerprint density at radius 3 is 2.60 bits per heavy atom. The van der Waals surface area contributed by atoms with Gasteiger partial charge >= 0.3 is 10.1 Å². The second kappa shape index (κ2) is 6.04. The summed E-state index contributed by atoms with van der Waals surface area (Å²) in [5.74, 6) is 0.789. The minimum Gasteiger partial charge on any atom is -0.486 e. The summed E-state index contributed by atoms with van der Waals surface area (Å²) in [6.07, 6.45) is 1.64. The predicted molar refractivity (Wildman–Crippen MR) is 94.5 cm³/mol. The van der Waals surface area contributed by atoms with E-state index in [9.17, 15) is 8.42 Å². The van der Waals surface area contributed by atoms with Crippen molar-refractivity contribution in [1.29, 1.82) is 0 Å². The third-order valence-electron chi connectivity index (χ3n) is 4.44. The van der Waals surface area contributed by atoms with Crippen LogP contribution >= 0.6 is 0 Å². The number of benzene rings is 2. The Kier molecular flexibility index (Phi) is 3.84. The molecule has 1 heterocycles. The van der Waals surface area contributed by atoms with Crippen molar-refractivity contribution in [3.05, 3.63) is 70.8 Å². The fourth-order valence-electron chi connectivity index (χ4n) is 3.09. The average molecular weight is 355 g/mol. The van der Waals surface area contributed by atoms with E-state index in [-0.39, 0.29) is 11.5 Å². The molecule has 0 fully saturated rings. The molecule has 0 saturated carbocycles. The molecule has 0 spiro atoms. The first kappa shape index (κ1) is 15.9. The Hall–Kier alpha value is -2.60. The Bertz CT molecular complexity index is 988. The molecule has 0 aromatic heterocycles. The molecule has 1 aliphatic heterocycles.